The van der Waals surface area contributed by atoms with Crippen LogP contribution in [0, 0.1) is 18.7 Å². The highest BCUT2D eigenvalue weighted by molar-refractivity contribution is 5.87. The van der Waals surface area contributed by atoms with E-state index in [2.05, 4.69) is 12.2 Å². The number of nitrogens with one attached hydrogen (secondary N) is 1. The summed E-state index contributed by atoms with van der Waals surface area (Å²) < 4.78 is 17.2. The van der Waals surface area contributed by atoms with E-state index in [0.29, 0.717) is 33.4 Å². The Bertz CT molecular complexity index is 1030. The van der Waals surface area contributed by atoms with Gasteiger partial charge < -0.3 is 16.1 Å². The quantitative estimate of drug-likeness (QED) is 0.745. The van der Waals surface area contributed by atoms with E-state index < -0.39 is 17.1 Å². The summed E-state index contributed by atoms with van der Waals surface area (Å²) in [6, 6.07) is 1.62. The summed E-state index contributed by atoms with van der Waals surface area (Å²) in [5.74, 6) is 5.66. The first-order chi connectivity index (χ1) is 12.8. The van der Waals surface area contributed by atoms with Crippen LogP contribution in [0.25, 0.3) is 10.9 Å². The fourth-order valence-corrected chi connectivity index (χ4v) is 4.35. The van der Waals surface area contributed by atoms with Crippen LogP contribution in [0.3, 0.4) is 0 Å². The molecule has 1 aliphatic carbocycles. The Kier molecular flexibility index (Phi) is 5.46. The highest BCUT2D eigenvalue weighted by atomic mass is 35.5. The number of hydrogen-bond donors (Lipinski definition) is 2. The molecule has 7 nitrogen and oxygen atoms in total. The molecule has 28 heavy (non-hydrogen) atoms. The fraction of sp³-hybridized carbons (Fsp3) is 0.579. The number of anilines is 1. The Morgan fingerprint density at radius 1 is 1.29 bits per heavy atom. The van der Waals surface area contributed by atoms with Crippen LogP contribution in [-0.2, 0) is 0 Å². The Labute approximate surface area is 168 Å². The molecule has 0 amide bonds. The molecule has 1 aliphatic heterocycles. The first-order valence-corrected chi connectivity index (χ1v) is 9.52. The number of halogens is 2. The second kappa shape index (κ2) is 7.40. The number of aromatic nitrogens is 2. The monoisotopic (exact) mass is 411 g/mol. The normalized spacial score (nSPS) is 20.4. The highest BCUT2D eigenvalue weighted by Crippen LogP contribution is 2.39. The fourth-order valence-electron chi connectivity index (χ4n) is 4.35. The average molecular weight is 412 g/mol. The lowest BCUT2D eigenvalue weighted by Gasteiger charge is -2.25. The van der Waals surface area contributed by atoms with Gasteiger partial charge in [0.1, 0.15) is 5.82 Å². The maximum atomic E-state index is 15.1. The van der Waals surface area contributed by atoms with Gasteiger partial charge in [0.25, 0.3) is 5.56 Å². The van der Waals surface area contributed by atoms with Crippen LogP contribution in [-0.4, -0.2) is 35.4 Å². The van der Waals surface area contributed by atoms with Gasteiger partial charge >= 0.3 is 5.69 Å². The maximum absolute atomic E-state index is 15.1. The Hall–Kier alpha value is -2.06. The average Bonchev–Trinajstić information content (AvgIpc) is 3.37. The van der Waals surface area contributed by atoms with Crippen molar-refractivity contribution in [1.82, 2.24) is 14.6 Å². The number of benzene rings is 1. The smallest absolute Gasteiger partial charge is 0.350 e. The van der Waals surface area contributed by atoms with Gasteiger partial charge in [0, 0.05) is 30.7 Å². The number of rotatable bonds is 4. The molecule has 2 atom stereocenters. The second-order valence-corrected chi connectivity index (χ2v) is 7.86. The molecular weight excluding hydrogens is 385 g/mol. The molecule has 9 heteroatoms. The van der Waals surface area contributed by atoms with Crippen molar-refractivity contribution in [3.05, 3.63) is 38.3 Å². The minimum absolute atomic E-state index is 0. The number of hydrogen-bond acceptors (Lipinski definition) is 5. The number of nitrogens with zero attached hydrogens (tertiary/aromatic N) is 3. The summed E-state index contributed by atoms with van der Waals surface area (Å²) in [5, 5.41) is 3.44. The van der Waals surface area contributed by atoms with Crippen LogP contribution in [0.5, 0.6) is 0 Å². The first-order valence-electron chi connectivity index (χ1n) is 9.52. The molecule has 3 N–H and O–H groups in total. The van der Waals surface area contributed by atoms with Crippen LogP contribution in [0.15, 0.2) is 15.7 Å². The molecule has 0 spiro atoms. The number of nitrogen functional groups attached to an aromatic ring is 1. The van der Waals surface area contributed by atoms with Crippen LogP contribution < -0.4 is 27.3 Å². The Balaban J connectivity index is 0.00000225. The topological polar surface area (TPSA) is 85.3 Å². The number of aryl methyl sites for hydroxylation is 1. The third kappa shape index (κ3) is 3.08. The molecule has 154 valence electrons. The van der Waals surface area contributed by atoms with E-state index >= 15 is 4.39 Å². The molecule has 2 fully saturated rings. The summed E-state index contributed by atoms with van der Waals surface area (Å²) in [6.45, 7) is 5.43. The molecule has 1 aromatic carbocycles. The predicted octanol–water partition coefficient (Wildman–Crippen LogP) is 1.52. The van der Waals surface area contributed by atoms with Gasteiger partial charge in [-0.25, -0.2) is 9.18 Å². The Morgan fingerprint density at radius 3 is 2.57 bits per heavy atom. The summed E-state index contributed by atoms with van der Waals surface area (Å²) in [6.07, 6.45) is 2.70. The third-order valence-electron chi connectivity index (χ3n) is 6.18. The van der Waals surface area contributed by atoms with Gasteiger partial charge in [-0.2, -0.15) is 4.68 Å². The zero-order chi connectivity index (χ0) is 19.5. The summed E-state index contributed by atoms with van der Waals surface area (Å²) in [4.78, 5) is 27.2. The molecule has 2 aromatic rings. The van der Waals surface area contributed by atoms with E-state index in [9.17, 15) is 9.59 Å². The molecule has 1 unspecified atom stereocenters. The standard InChI is InChI=1S/C19H26FN5O2.ClH/c1-10-16-14(18(26)25(21)19(27)24(16)13-4-5-13)8-15(20)17(10)23-7-6-12(9-23)11(2)22-3;/h8,11-13,22H,4-7,9,21H2,1-3H3;1H/t11-,12?;/m0./s1. The lowest BCUT2D eigenvalue weighted by atomic mass is 10.0. The van der Waals surface area contributed by atoms with Crippen molar-refractivity contribution < 1.29 is 4.39 Å². The Morgan fingerprint density at radius 2 is 1.96 bits per heavy atom. The van der Waals surface area contributed by atoms with E-state index in [-0.39, 0.29) is 23.8 Å². The molecule has 4 rings (SSSR count). The van der Waals surface area contributed by atoms with Crippen LogP contribution in [0.4, 0.5) is 10.1 Å². The van der Waals surface area contributed by atoms with Crippen molar-refractivity contribution >= 4 is 29.0 Å². The molecule has 0 bridgehead atoms. The van der Waals surface area contributed by atoms with Gasteiger partial charge in [-0.1, -0.05) is 0 Å². The zero-order valence-corrected chi connectivity index (χ0v) is 17.2. The minimum atomic E-state index is -0.649. The SMILES string of the molecule is CN[C@@H](C)C1CCN(c2c(F)cc3c(=O)n(N)c(=O)n(C4CC4)c3c2C)C1.Cl. The van der Waals surface area contributed by atoms with Gasteiger partial charge in [0.2, 0.25) is 0 Å². The van der Waals surface area contributed by atoms with Gasteiger partial charge in [-0.15, -0.1) is 12.4 Å². The predicted molar refractivity (Wildman–Crippen MR) is 112 cm³/mol. The van der Waals surface area contributed by atoms with Crippen molar-refractivity contribution in [3.8, 4) is 0 Å². The van der Waals surface area contributed by atoms with Crippen molar-refractivity contribution in [2.75, 3.05) is 30.9 Å². The van der Waals surface area contributed by atoms with Crippen LogP contribution >= 0.6 is 12.4 Å². The van der Waals surface area contributed by atoms with Crippen molar-refractivity contribution in [2.45, 2.75) is 45.2 Å². The van der Waals surface area contributed by atoms with Crippen molar-refractivity contribution in [3.63, 3.8) is 0 Å². The van der Waals surface area contributed by atoms with Gasteiger partial charge in [0.15, 0.2) is 0 Å². The second-order valence-electron chi connectivity index (χ2n) is 7.86. The molecule has 1 saturated carbocycles. The summed E-state index contributed by atoms with van der Waals surface area (Å²) in [7, 11) is 1.93. The maximum Gasteiger partial charge on any atom is 0.350 e. The molecule has 1 saturated heterocycles. The zero-order valence-electron chi connectivity index (χ0n) is 16.4. The minimum Gasteiger partial charge on any atom is -0.369 e. The number of nitrogens with two attached hydrogens (primary N) is 1. The summed E-state index contributed by atoms with van der Waals surface area (Å²) in [5.41, 5.74) is 0.485. The third-order valence-corrected chi connectivity index (χ3v) is 6.18. The lowest BCUT2D eigenvalue weighted by molar-refractivity contribution is 0.428. The van der Waals surface area contributed by atoms with Gasteiger partial charge in [-0.05, 0) is 52.1 Å². The van der Waals surface area contributed by atoms with E-state index in [4.69, 9.17) is 5.84 Å². The summed E-state index contributed by atoms with van der Waals surface area (Å²) >= 11 is 0. The largest absolute Gasteiger partial charge is 0.369 e. The van der Waals surface area contributed by atoms with E-state index in [1.165, 1.54) is 6.07 Å². The molecular formula is C19H27ClFN5O2. The van der Waals surface area contributed by atoms with E-state index in [0.717, 1.165) is 32.4 Å². The van der Waals surface area contributed by atoms with E-state index in [1.54, 1.807) is 11.5 Å². The lowest BCUT2D eigenvalue weighted by Crippen LogP contribution is -2.44. The van der Waals surface area contributed by atoms with Gasteiger partial charge in [0.05, 0.1) is 16.6 Å². The molecule has 0 radical (unpaired) electrons. The van der Waals surface area contributed by atoms with Crippen LogP contribution in [0.2, 0.25) is 0 Å². The molecule has 2 aliphatic rings. The van der Waals surface area contributed by atoms with Crippen LogP contribution in [0.1, 0.15) is 37.8 Å². The van der Waals surface area contributed by atoms with Crippen molar-refractivity contribution in [2.24, 2.45) is 5.92 Å². The molecule has 1 aromatic heterocycles. The number of fused-ring (bicyclic) bond motifs is 1. The first kappa shape index (κ1) is 20.7. The highest BCUT2D eigenvalue weighted by Gasteiger charge is 2.33. The van der Waals surface area contributed by atoms with E-state index in [1.807, 2.05) is 11.9 Å². The van der Waals surface area contributed by atoms with Crippen molar-refractivity contribution in [1.29, 1.82) is 0 Å². The van der Waals surface area contributed by atoms with Gasteiger partial charge in [-0.3, -0.25) is 9.36 Å². The molecule has 2 heterocycles.